The lowest BCUT2D eigenvalue weighted by atomic mass is 10.00. The smallest absolute Gasteiger partial charge is 0.228 e. The number of ether oxygens (including phenoxy) is 1. The fourth-order valence-corrected chi connectivity index (χ4v) is 3.12. The standard InChI is InChI=1S/C14H22N4O2/c1-10-11(3-8-20-10)14(19)18-7-6-17(2)12(9-18)13-15-4-5-16-13/h4-5,10-12H,3,6-9H2,1-2H3,(H,15,16)/t10-,11+,12-/m0/s1. The molecular formula is C14H22N4O2. The molecule has 2 aliphatic rings. The lowest BCUT2D eigenvalue weighted by Crippen LogP contribution is -2.51. The number of piperazine rings is 1. The number of H-pyrrole nitrogens is 1. The van der Waals surface area contributed by atoms with Gasteiger partial charge in [0.05, 0.1) is 18.1 Å². The van der Waals surface area contributed by atoms with E-state index < -0.39 is 0 Å². The lowest BCUT2D eigenvalue weighted by Gasteiger charge is -2.39. The van der Waals surface area contributed by atoms with Gasteiger partial charge in [-0.15, -0.1) is 0 Å². The van der Waals surface area contributed by atoms with Gasteiger partial charge in [-0.25, -0.2) is 4.98 Å². The van der Waals surface area contributed by atoms with E-state index in [2.05, 4.69) is 21.9 Å². The van der Waals surface area contributed by atoms with E-state index in [0.29, 0.717) is 13.2 Å². The Hall–Kier alpha value is -1.40. The highest BCUT2D eigenvalue weighted by Crippen LogP contribution is 2.27. The Balaban J connectivity index is 1.70. The fraction of sp³-hybridized carbons (Fsp3) is 0.714. The summed E-state index contributed by atoms with van der Waals surface area (Å²) in [4.78, 5) is 24.3. The number of aromatic amines is 1. The van der Waals surface area contributed by atoms with Crippen molar-refractivity contribution in [2.24, 2.45) is 5.92 Å². The molecule has 0 bridgehead atoms. The van der Waals surface area contributed by atoms with Crippen LogP contribution < -0.4 is 0 Å². The van der Waals surface area contributed by atoms with Gasteiger partial charge in [0.2, 0.25) is 5.91 Å². The number of hydrogen-bond donors (Lipinski definition) is 1. The average Bonchev–Trinajstić information content (AvgIpc) is 3.09. The fourth-order valence-electron chi connectivity index (χ4n) is 3.12. The van der Waals surface area contributed by atoms with E-state index in [1.807, 2.05) is 18.0 Å². The molecule has 1 amide bonds. The average molecular weight is 278 g/mol. The van der Waals surface area contributed by atoms with E-state index in [1.165, 1.54) is 0 Å². The molecule has 1 aromatic rings. The second-order valence-electron chi connectivity index (χ2n) is 5.73. The normalized spacial score (nSPS) is 31.7. The van der Waals surface area contributed by atoms with Crippen LogP contribution in [0.3, 0.4) is 0 Å². The number of aromatic nitrogens is 2. The number of carbonyl (C=O) groups excluding carboxylic acids is 1. The molecule has 3 atom stereocenters. The van der Waals surface area contributed by atoms with Crippen molar-refractivity contribution in [2.75, 3.05) is 33.3 Å². The van der Waals surface area contributed by atoms with Crippen LogP contribution in [0.15, 0.2) is 12.4 Å². The molecule has 3 heterocycles. The molecular weight excluding hydrogens is 256 g/mol. The Morgan fingerprint density at radius 3 is 3.00 bits per heavy atom. The molecule has 20 heavy (non-hydrogen) atoms. The molecule has 1 aromatic heterocycles. The number of likely N-dealkylation sites (N-methyl/N-ethyl adjacent to an activating group) is 1. The second kappa shape index (κ2) is 5.54. The molecule has 0 unspecified atom stereocenters. The Labute approximate surface area is 119 Å². The molecule has 2 fully saturated rings. The number of imidazole rings is 1. The maximum absolute atomic E-state index is 12.6. The summed E-state index contributed by atoms with van der Waals surface area (Å²) in [5.41, 5.74) is 0. The molecule has 0 aromatic carbocycles. The van der Waals surface area contributed by atoms with E-state index in [0.717, 1.165) is 25.3 Å². The number of nitrogens with zero attached hydrogens (tertiary/aromatic N) is 3. The van der Waals surface area contributed by atoms with Crippen molar-refractivity contribution >= 4 is 5.91 Å². The molecule has 110 valence electrons. The highest BCUT2D eigenvalue weighted by atomic mass is 16.5. The quantitative estimate of drug-likeness (QED) is 0.863. The summed E-state index contributed by atoms with van der Waals surface area (Å²) in [6.45, 7) is 5.06. The highest BCUT2D eigenvalue weighted by molar-refractivity contribution is 5.79. The van der Waals surface area contributed by atoms with E-state index >= 15 is 0 Å². The van der Waals surface area contributed by atoms with Crippen molar-refractivity contribution in [1.82, 2.24) is 19.8 Å². The van der Waals surface area contributed by atoms with Gasteiger partial charge in [0, 0.05) is 38.6 Å². The van der Waals surface area contributed by atoms with Gasteiger partial charge in [0.15, 0.2) is 0 Å². The van der Waals surface area contributed by atoms with E-state index in [1.54, 1.807) is 6.20 Å². The van der Waals surface area contributed by atoms with Crippen LogP contribution in [0.2, 0.25) is 0 Å². The summed E-state index contributed by atoms with van der Waals surface area (Å²) in [7, 11) is 2.08. The van der Waals surface area contributed by atoms with Gasteiger partial charge in [0.25, 0.3) is 0 Å². The number of nitrogens with one attached hydrogen (secondary N) is 1. The monoisotopic (exact) mass is 278 g/mol. The molecule has 2 saturated heterocycles. The predicted molar refractivity (Wildman–Crippen MR) is 74.1 cm³/mol. The Morgan fingerprint density at radius 1 is 1.50 bits per heavy atom. The van der Waals surface area contributed by atoms with Crippen LogP contribution in [-0.2, 0) is 9.53 Å². The molecule has 0 saturated carbocycles. The first-order chi connectivity index (χ1) is 9.66. The third kappa shape index (κ3) is 2.45. The number of carbonyl (C=O) groups is 1. The van der Waals surface area contributed by atoms with Gasteiger partial charge in [-0.2, -0.15) is 0 Å². The Kier molecular flexibility index (Phi) is 3.76. The molecule has 6 nitrogen and oxygen atoms in total. The summed E-state index contributed by atoms with van der Waals surface area (Å²) in [6, 6.07) is 0.153. The zero-order chi connectivity index (χ0) is 14.1. The van der Waals surface area contributed by atoms with E-state index in [-0.39, 0.29) is 24.0 Å². The topological polar surface area (TPSA) is 61.5 Å². The summed E-state index contributed by atoms with van der Waals surface area (Å²) < 4.78 is 5.52. The predicted octanol–water partition coefficient (Wildman–Crippen LogP) is 0.650. The van der Waals surface area contributed by atoms with Crippen LogP contribution in [0.25, 0.3) is 0 Å². The summed E-state index contributed by atoms with van der Waals surface area (Å²) in [6.07, 6.45) is 4.48. The molecule has 6 heteroatoms. The van der Waals surface area contributed by atoms with Crippen molar-refractivity contribution in [3.63, 3.8) is 0 Å². The van der Waals surface area contributed by atoms with Gasteiger partial charge >= 0.3 is 0 Å². The largest absolute Gasteiger partial charge is 0.378 e. The zero-order valence-corrected chi connectivity index (χ0v) is 12.1. The summed E-state index contributed by atoms with van der Waals surface area (Å²) >= 11 is 0. The van der Waals surface area contributed by atoms with Crippen molar-refractivity contribution in [3.05, 3.63) is 18.2 Å². The summed E-state index contributed by atoms with van der Waals surface area (Å²) in [5.74, 6) is 1.19. The van der Waals surface area contributed by atoms with Crippen LogP contribution in [0.1, 0.15) is 25.2 Å². The van der Waals surface area contributed by atoms with Crippen molar-refractivity contribution < 1.29 is 9.53 Å². The van der Waals surface area contributed by atoms with Gasteiger partial charge in [0.1, 0.15) is 5.82 Å². The van der Waals surface area contributed by atoms with Crippen LogP contribution in [0.5, 0.6) is 0 Å². The summed E-state index contributed by atoms with van der Waals surface area (Å²) in [5, 5.41) is 0. The van der Waals surface area contributed by atoms with Crippen LogP contribution in [0, 0.1) is 5.92 Å². The number of rotatable bonds is 2. The molecule has 2 aliphatic heterocycles. The van der Waals surface area contributed by atoms with Crippen molar-refractivity contribution in [1.29, 1.82) is 0 Å². The Morgan fingerprint density at radius 2 is 2.35 bits per heavy atom. The lowest BCUT2D eigenvalue weighted by molar-refractivity contribution is -0.139. The minimum absolute atomic E-state index is 0.0238. The first-order valence-electron chi connectivity index (χ1n) is 7.26. The number of hydrogen-bond acceptors (Lipinski definition) is 4. The van der Waals surface area contributed by atoms with Gasteiger partial charge in [-0.05, 0) is 20.4 Å². The molecule has 0 spiro atoms. The third-order valence-corrected chi connectivity index (χ3v) is 4.49. The third-order valence-electron chi connectivity index (χ3n) is 4.49. The maximum Gasteiger partial charge on any atom is 0.228 e. The molecule has 1 N–H and O–H groups in total. The van der Waals surface area contributed by atoms with Crippen molar-refractivity contribution in [3.8, 4) is 0 Å². The van der Waals surface area contributed by atoms with Gasteiger partial charge < -0.3 is 14.6 Å². The zero-order valence-electron chi connectivity index (χ0n) is 12.1. The SMILES string of the molecule is C[C@@H]1OCC[C@H]1C(=O)N1CCN(C)[C@H](c2ncc[nH]2)C1. The second-order valence-corrected chi connectivity index (χ2v) is 5.73. The van der Waals surface area contributed by atoms with E-state index in [9.17, 15) is 4.79 Å². The molecule has 0 aliphatic carbocycles. The van der Waals surface area contributed by atoms with Gasteiger partial charge in [-0.1, -0.05) is 0 Å². The van der Waals surface area contributed by atoms with Crippen LogP contribution in [-0.4, -0.2) is 65.1 Å². The minimum Gasteiger partial charge on any atom is -0.378 e. The molecule has 0 radical (unpaired) electrons. The van der Waals surface area contributed by atoms with Crippen LogP contribution >= 0.6 is 0 Å². The Bertz CT molecular complexity index is 462. The minimum atomic E-state index is 0.0238. The number of amides is 1. The van der Waals surface area contributed by atoms with E-state index in [4.69, 9.17) is 4.74 Å². The maximum atomic E-state index is 12.6. The van der Waals surface area contributed by atoms with Crippen molar-refractivity contribution in [2.45, 2.75) is 25.5 Å². The molecule has 3 rings (SSSR count). The van der Waals surface area contributed by atoms with Crippen LogP contribution in [0.4, 0.5) is 0 Å². The first kappa shape index (κ1) is 13.6. The first-order valence-corrected chi connectivity index (χ1v) is 7.26. The van der Waals surface area contributed by atoms with Gasteiger partial charge in [-0.3, -0.25) is 9.69 Å². The highest BCUT2D eigenvalue weighted by Gasteiger charge is 2.37.